The molecule has 1 amide bonds. The van der Waals surface area contributed by atoms with Gasteiger partial charge < -0.3 is 15.5 Å². The first kappa shape index (κ1) is 14.8. The molecule has 0 radical (unpaired) electrons. The van der Waals surface area contributed by atoms with Crippen molar-refractivity contribution in [3.63, 3.8) is 0 Å². The second kappa shape index (κ2) is 5.62. The predicted molar refractivity (Wildman–Crippen MR) is 67.0 cm³/mol. The minimum absolute atomic E-state index is 0.110. The van der Waals surface area contributed by atoms with E-state index in [4.69, 9.17) is 5.11 Å². The van der Waals surface area contributed by atoms with E-state index in [9.17, 15) is 19.5 Å². The van der Waals surface area contributed by atoms with Crippen LogP contribution in [0.2, 0.25) is 0 Å². The van der Waals surface area contributed by atoms with Crippen molar-refractivity contribution in [2.24, 2.45) is 0 Å². The van der Waals surface area contributed by atoms with Crippen molar-refractivity contribution in [1.29, 1.82) is 0 Å². The average Bonchev–Trinajstić information content (AvgIpc) is 2.36. The summed E-state index contributed by atoms with van der Waals surface area (Å²) in [5, 5.41) is 20.4. The maximum atomic E-state index is 11.7. The Balaban J connectivity index is 2.69. The van der Waals surface area contributed by atoms with Gasteiger partial charge in [-0.15, -0.1) is 0 Å². The molecule has 1 rings (SSSR count). The Kier molecular flexibility index (Phi) is 4.39. The molecule has 1 atom stereocenters. The van der Waals surface area contributed by atoms with Crippen molar-refractivity contribution in [2.75, 3.05) is 6.54 Å². The van der Waals surface area contributed by atoms with Gasteiger partial charge >= 0.3 is 5.97 Å². The monoisotopic (exact) mass is 265 g/mol. The number of benzene rings is 1. The Morgan fingerprint density at radius 2 is 1.63 bits per heavy atom. The molecule has 0 aliphatic heterocycles. The zero-order valence-corrected chi connectivity index (χ0v) is 10.6. The summed E-state index contributed by atoms with van der Waals surface area (Å²) in [6.07, 6.45) is 0. The summed E-state index contributed by atoms with van der Waals surface area (Å²) in [7, 11) is 0. The van der Waals surface area contributed by atoms with Gasteiger partial charge in [-0.1, -0.05) is 12.1 Å². The van der Waals surface area contributed by atoms with E-state index < -0.39 is 24.0 Å². The first-order valence-corrected chi connectivity index (χ1v) is 5.59. The van der Waals surface area contributed by atoms with Gasteiger partial charge in [0.25, 0.3) is 5.91 Å². The van der Waals surface area contributed by atoms with Gasteiger partial charge in [0, 0.05) is 11.1 Å². The number of aliphatic hydroxyl groups is 1. The number of nitrogens with one attached hydrogen (secondary N) is 1. The number of rotatable bonds is 5. The smallest absolute Gasteiger partial charge is 0.337 e. The van der Waals surface area contributed by atoms with Gasteiger partial charge in [-0.2, -0.15) is 0 Å². The molecule has 0 spiro atoms. The number of carboxylic acids is 1. The van der Waals surface area contributed by atoms with E-state index in [1.165, 1.54) is 31.2 Å². The van der Waals surface area contributed by atoms with Crippen molar-refractivity contribution in [2.45, 2.75) is 19.4 Å². The number of ketones is 1. The SMILES string of the molecule is CC(=O)c1ccc(C(=O)NCC(C)(O)C(=O)O)cc1. The van der Waals surface area contributed by atoms with Crippen LogP contribution in [0.15, 0.2) is 24.3 Å². The van der Waals surface area contributed by atoms with E-state index in [2.05, 4.69) is 5.32 Å². The summed E-state index contributed by atoms with van der Waals surface area (Å²) >= 11 is 0. The lowest BCUT2D eigenvalue weighted by atomic mass is 10.1. The van der Waals surface area contributed by atoms with Crippen molar-refractivity contribution >= 4 is 17.7 Å². The van der Waals surface area contributed by atoms with Gasteiger partial charge in [0.15, 0.2) is 11.4 Å². The number of amides is 1. The van der Waals surface area contributed by atoms with E-state index in [0.717, 1.165) is 6.92 Å². The second-order valence-corrected chi connectivity index (χ2v) is 4.40. The van der Waals surface area contributed by atoms with Crippen LogP contribution in [0.3, 0.4) is 0 Å². The summed E-state index contributed by atoms with van der Waals surface area (Å²) < 4.78 is 0. The molecular weight excluding hydrogens is 250 g/mol. The first-order chi connectivity index (χ1) is 8.74. The zero-order chi connectivity index (χ0) is 14.6. The average molecular weight is 265 g/mol. The summed E-state index contributed by atoms with van der Waals surface area (Å²) in [5.41, 5.74) is -1.25. The second-order valence-electron chi connectivity index (χ2n) is 4.40. The maximum Gasteiger partial charge on any atom is 0.337 e. The van der Waals surface area contributed by atoms with Crippen molar-refractivity contribution < 1.29 is 24.6 Å². The fourth-order valence-electron chi connectivity index (χ4n) is 1.29. The van der Waals surface area contributed by atoms with Crippen molar-refractivity contribution in [3.05, 3.63) is 35.4 Å². The molecule has 6 nitrogen and oxygen atoms in total. The molecule has 0 aromatic heterocycles. The minimum atomic E-state index is -2.02. The molecule has 0 fully saturated rings. The van der Waals surface area contributed by atoms with Gasteiger partial charge in [-0.25, -0.2) is 4.79 Å². The number of Topliss-reactive ketones (excluding diaryl/α,β-unsaturated/α-hetero) is 1. The van der Waals surface area contributed by atoms with Crippen molar-refractivity contribution in [3.8, 4) is 0 Å². The van der Waals surface area contributed by atoms with E-state index >= 15 is 0 Å². The first-order valence-electron chi connectivity index (χ1n) is 5.59. The number of hydrogen-bond donors (Lipinski definition) is 3. The molecule has 0 aliphatic rings. The van der Waals surface area contributed by atoms with Crippen LogP contribution in [-0.2, 0) is 4.79 Å². The molecule has 6 heteroatoms. The molecular formula is C13H15NO5. The molecule has 3 N–H and O–H groups in total. The van der Waals surface area contributed by atoms with Crippen LogP contribution in [0.1, 0.15) is 34.6 Å². The predicted octanol–water partition coefficient (Wildman–Crippen LogP) is 0.455. The number of carbonyl (C=O) groups excluding carboxylic acids is 2. The summed E-state index contributed by atoms with van der Waals surface area (Å²) in [5.74, 6) is -2.04. The summed E-state index contributed by atoms with van der Waals surface area (Å²) in [6, 6.07) is 5.93. The zero-order valence-electron chi connectivity index (χ0n) is 10.6. The molecule has 102 valence electrons. The highest BCUT2D eigenvalue weighted by molar-refractivity contribution is 5.97. The van der Waals surface area contributed by atoms with E-state index in [1.54, 1.807) is 0 Å². The lowest BCUT2D eigenvalue weighted by Crippen LogP contribution is -2.46. The Morgan fingerprint density at radius 1 is 1.16 bits per heavy atom. The topological polar surface area (TPSA) is 104 Å². The van der Waals surface area contributed by atoms with Gasteiger partial charge in [0.1, 0.15) is 0 Å². The van der Waals surface area contributed by atoms with Crippen LogP contribution in [0.5, 0.6) is 0 Å². The molecule has 0 bridgehead atoms. The van der Waals surface area contributed by atoms with Crippen molar-refractivity contribution in [1.82, 2.24) is 5.32 Å². The maximum absolute atomic E-state index is 11.7. The van der Waals surface area contributed by atoms with Crippen LogP contribution in [0, 0.1) is 0 Å². The molecule has 1 aromatic rings. The Labute approximate surface area is 110 Å². The van der Waals surface area contributed by atoms with Gasteiger partial charge in [-0.3, -0.25) is 9.59 Å². The van der Waals surface area contributed by atoms with Crippen LogP contribution in [0.25, 0.3) is 0 Å². The fourth-order valence-corrected chi connectivity index (χ4v) is 1.29. The largest absolute Gasteiger partial charge is 0.479 e. The standard InChI is InChI=1S/C13H15NO5/c1-8(15)9-3-5-10(6-4-9)11(16)14-7-13(2,19)12(17)18/h3-6,19H,7H2,1-2H3,(H,14,16)(H,17,18). The number of carbonyl (C=O) groups is 3. The highest BCUT2D eigenvalue weighted by Crippen LogP contribution is 2.06. The molecule has 0 saturated carbocycles. The minimum Gasteiger partial charge on any atom is -0.479 e. The molecule has 0 aliphatic carbocycles. The van der Waals surface area contributed by atoms with Crippen LogP contribution >= 0.6 is 0 Å². The summed E-state index contributed by atoms with van der Waals surface area (Å²) in [4.78, 5) is 33.4. The Hall–Kier alpha value is -2.21. The van der Waals surface area contributed by atoms with Crippen LogP contribution in [-0.4, -0.2) is 40.0 Å². The van der Waals surface area contributed by atoms with Crippen LogP contribution in [0.4, 0.5) is 0 Å². The number of aliphatic carboxylic acids is 1. The van der Waals surface area contributed by atoms with Gasteiger partial charge in [0.2, 0.25) is 0 Å². The molecule has 19 heavy (non-hydrogen) atoms. The highest BCUT2D eigenvalue weighted by atomic mass is 16.4. The number of hydrogen-bond acceptors (Lipinski definition) is 4. The fraction of sp³-hybridized carbons (Fsp3) is 0.308. The third kappa shape index (κ3) is 3.89. The third-order valence-electron chi connectivity index (χ3n) is 2.61. The highest BCUT2D eigenvalue weighted by Gasteiger charge is 2.30. The van der Waals surface area contributed by atoms with Crippen LogP contribution < -0.4 is 5.32 Å². The molecule has 1 aromatic carbocycles. The molecule has 0 saturated heterocycles. The summed E-state index contributed by atoms with van der Waals surface area (Å²) in [6.45, 7) is 2.10. The van der Waals surface area contributed by atoms with Gasteiger partial charge in [0.05, 0.1) is 6.54 Å². The lowest BCUT2D eigenvalue weighted by molar-refractivity contribution is -0.155. The normalized spacial score (nSPS) is 13.4. The van der Waals surface area contributed by atoms with E-state index in [-0.39, 0.29) is 11.3 Å². The quantitative estimate of drug-likeness (QED) is 0.671. The van der Waals surface area contributed by atoms with E-state index in [1.807, 2.05) is 0 Å². The number of carboxylic acid groups (broad SMARTS) is 1. The third-order valence-corrected chi connectivity index (χ3v) is 2.61. The van der Waals surface area contributed by atoms with Gasteiger partial charge in [-0.05, 0) is 26.0 Å². The Bertz CT molecular complexity index is 504. The molecule has 1 unspecified atom stereocenters. The molecule has 0 heterocycles. The Morgan fingerprint density at radius 3 is 2.05 bits per heavy atom. The lowest BCUT2D eigenvalue weighted by Gasteiger charge is -2.18. The van der Waals surface area contributed by atoms with E-state index in [0.29, 0.717) is 5.56 Å².